The first-order valence-electron chi connectivity index (χ1n) is 11.2. The molecule has 2 aromatic carbocycles. The number of aryl methyl sites for hydroxylation is 1. The monoisotopic (exact) mass is 500 g/mol. The van der Waals surface area contributed by atoms with Gasteiger partial charge in [-0.05, 0) is 81.0 Å². The quantitative estimate of drug-likeness (QED) is 0.486. The van der Waals surface area contributed by atoms with Gasteiger partial charge >= 0.3 is 0 Å². The van der Waals surface area contributed by atoms with E-state index in [1.807, 2.05) is 18.4 Å². The maximum Gasteiger partial charge on any atom is 0.244 e. The van der Waals surface area contributed by atoms with E-state index in [0.717, 1.165) is 16.7 Å². The number of benzene rings is 2. The van der Waals surface area contributed by atoms with E-state index in [1.54, 1.807) is 73.4 Å². The Morgan fingerprint density at radius 1 is 1.09 bits per heavy atom. The zero-order chi connectivity index (χ0) is 24.7. The Balaban J connectivity index is 1.69. The molecule has 0 bridgehead atoms. The molecule has 1 unspecified atom stereocenters. The fourth-order valence-corrected chi connectivity index (χ4v) is 6.96. The van der Waals surface area contributed by atoms with Crippen LogP contribution in [0.2, 0.25) is 0 Å². The van der Waals surface area contributed by atoms with Crippen LogP contribution >= 0.6 is 11.3 Å². The highest BCUT2D eigenvalue weighted by molar-refractivity contribution is 7.89. The molecule has 3 aromatic rings. The molecule has 1 aromatic heterocycles. The highest BCUT2D eigenvalue weighted by Crippen LogP contribution is 2.38. The number of carbonyl (C=O) groups excluding carboxylic acids is 1. The molecule has 0 saturated heterocycles. The molecule has 2 heterocycles. The summed E-state index contributed by atoms with van der Waals surface area (Å²) in [7, 11) is -3.91. The smallest absolute Gasteiger partial charge is 0.244 e. The minimum absolute atomic E-state index is 0.162. The predicted molar refractivity (Wildman–Crippen MR) is 133 cm³/mol. The molecule has 4 rings (SSSR count). The summed E-state index contributed by atoms with van der Waals surface area (Å²) in [4.78, 5) is 16.8. The van der Waals surface area contributed by atoms with Gasteiger partial charge in [0.05, 0.1) is 17.5 Å². The van der Waals surface area contributed by atoms with Gasteiger partial charge < -0.3 is 4.90 Å². The van der Waals surface area contributed by atoms with Crippen molar-refractivity contribution in [3.05, 3.63) is 87.4 Å². The van der Waals surface area contributed by atoms with Crippen molar-refractivity contribution in [1.29, 1.82) is 0 Å². The van der Waals surface area contributed by atoms with Gasteiger partial charge in [-0.2, -0.15) is 4.31 Å². The third kappa shape index (κ3) is 4.80. The number of halogens is 1. The van der Waals surface area contributed by atoms with Crippen LogP contribution in [0, 0.1) is 12.7 Å². The highest BCUT2D eigenvalue weighted by atomic mass is 32.2. The van der Waals surface area contributed by atoms with Crippen molar-refractivity contribution in [1.82, 2.24) is 9.21 Å². The lowest BCUT2D eigenvalue weighted by atomic mass is 9.93. The molecule has 0 spiro atoms. The Morgan fingerprint density at radius 2 is 1.74 bits per heavy atom. The summed E-state index contributed by atoms with van der Waals surface area (Å²) in [6, 6.07) is 14.4. The van der Waals surface area contributed by atoms with Crippen molar-refractivity contribution in [2.75, 3.05) is 13.1 Å². The van der Waals surface area contributed by atoms with Crippen molar-refractivity contribution < 1.29 is 17.6 Å². The maximum atomic E-state index is 13.7. The van der Waals surface area contributed by atoms with Crippen LogP contribution in [-0.4, -0.2) is 42.2 Å². The predicted octanol–water partition coefficient (Wildman–Crippen LogP) is 5.16. The van der Waals surface area contributed by atoms with Crippen molar-refractivity contribution in [3.63, 3.8) is 0 Å². The van der Waals surface area contributed by atoms with Crippen molar-refractivity contribution in [3.8, 4) is 0 Å². The molecule has 5 nitrogen and oxygen atoms in total. The fraction of sp³-hybridized carbons (Fsp3) is 0.346. The Bertz CT molecular complexity index is 1280. The molecule has 0 N–H and O–H groups in total. The van der Waals surface area contributed by atoms with Crippen LogP contribution in [0.15, 0.2) is 64.9 Å². The van der Waals surface area contributed by atoms with E-state index < -0.39 is 15.6 Å². The summed E-state index contributed by atoms with van der Waals surface area (Å²) in [6.07, 6.45) is 0.705. The molecule has 1 aliphatic rings. The second-order valence-corrected chi connectivity index (χ2v) is 12.4. The number of rotatable bonds is 5. The van der Waals surface area contributed by atoms with Crippen molar-refractivity contribution in [2.45, 2.75) is 50.6 Å². The number of fused-ring (bicyclic) bond motifs is 1. The zero-order valence-electron chi connectivity index (χ0n) is 19.8. The number of carbonyl (C=O) groups is 1. The molecule has 0 fully saturated rings. The van der Waals surface area contributed by atoms with Crippen LogP contribution in [0.25, 0.3) is 0 Å². The molecule has 1 atom stereocenters. The normalized spacial score (nSPS) is 16.5. The van der Waals surface area contributed by atoms with E-state index >= 15 is 0 Å². The van der Waals surface area contributed by atoms with Crippen molar-refractivity contribution >= 4 is 27.3 Å². The Kier molecular flexibility index (Phi) is 6.68. The minimum atomic E-state index is -3.91. The molecular formula is C26H29FN2O3S2. The first-order valence-corrected chi connectivity index (χ1v) is 13.5. The van der Waals surface area contributed by atoms with Gasteiger partial charge in [0.15, 0.2) is 0 Å². The largest absolute Gasteiger partial charge is 0.330 e. The molecule has 8 heteroatoms. The first-order chi connectivity index (χ1) is 16.0. The van der Waals surface area contributed by atoms with E-state index in [9.17, 15) is 17.6 Å². The first kappa shape index (κ1) is 24.6. The van der Waals surface area contributed by atoms with Gasteiger partial charge in [-0.3, -0.25) is 4.79 Å². The summed E-state index contributed by atoms with van der Waals surface area (Å²) < 4.78 is 42.0. The lowest BCUT2D eigenvalue weighted by molar-refractivity contribution is -0.134. The van der Waals surface area contributed by atoms with Gasteiger partial charge in [-0.25, -0.2) is 12.8 Å². The molecule has 34 heavy (non-hydrogen) atoms. The highest BCUT2D eigenvalue weighted by Gasteiger charge is 2.39. The van der Waals surface area contributed by atoms with E-state index in [-0.39, 0.29) is 29.2 Å². The number of amides is 1. The summed E-state index contributed by atoms with van der Waals surface area (Å²) in [5.74, 6) is -0.622. The van der Waals surface area contributed by atoms with Crippen LogP contribution < -0.4 is 0 Å². The van der Waals surface area contributed by atoms with Gasteiger partial charge in [-0.1, -0.05) is 29.8 Å². The standard InChI is InChI=1S/C26H29FN2O3S2/c1-18-5-11-21(12-6-18)34(31,32)29(26(2,3)4)17-24(30)28-15-13-23-22(14-16-33-23)25(28)19-7-9-20(27)10-8-19/h5-12,14,16,25H,13,15,17H2,1-4H3. The molecule has 1 amide bonds. The van der Waals surface area contributed by atoms with Gasteiger partial charge in [0, 0.05) is 17.0 Å². The zero-order valence-corrected chi connectivity index (χ0v) is 21.4. The fourth-order valence-electron chi connectivity index (χ4n) is 4.32. The lowest BCUT2D eigenvalue weighted by Crippen LogP contribution is -2.52. The second-order valence-electron chi connectivity index (χ2n) is 9.59. The summed E-state index contributed by atoms with van der Waals surface area (Å²) in [6.45, 7) is 7.45. The Morgan fingerprint density at radius 3 is 2.35 bits per heavy atom. The topological polar surface area (TPSA) is 57.7 Å². The third-order valence-corrected chi connectivity index (χ3v) is 9.23. The molecule has 1 aliphatic heterocycles. The van der Waals surface area contributed by atoms with Gasteiger partial charge in [0.25, 0.3) is 0 Å². The average Bonchev–Trinajstić information content (AvgIpc) is 3.25. The van der Waals surface area contributed by atoms with Crippen LogP contribution in [0.3, 0.4) is 0 Å². The molecule has 0 aliphatic carbocycles. The van der Waals surface area contributed by atoms with Crippen LogP contribution in [0.5, 0.6) is 0 Å². The minimum Gasteiger partial charge on any atom is -0.330 e. The SMILES string of the molecule is Cc1ccc(S(=O)(=O)N(CC(=O)N2CCc3sccc3C2c2ccc(F)cc2)C(C)(C)C)cc1. The third-order valence-electron chi connectivity index (χ3n) is 6.11. The summed E-state index contributed by atoms with van der Waals surface area (Å²) in [5, 5.41) is 2.00. The number of nitrogens with zero attached hydrogens (tertiary/aromatic N) is 2. The van der Waals surface area contributed by atoms with Gasteiger partial charge in [-0.15, -0.1) is 11.3 Å². The van der Waals surface area contributed by atoms with Crippen molar-refractivity contribution in [2.24, 2.45) is 0 Å². The van der Waals surface area contributed by atoms with E-state index in [0.29, 0.717) is 13.0 Å². The molecular weight excluding hydrogens is 471 g/mol. The van der Waals surface area contributed by atoms with Gasteiger partial charge in [0.2, 0.25) is 15.9 Å². The number of hydrogen-bond donors (Lipinski definition) is 0. The summed E-state index contributed by atoms with van der Waals surface area (Å²) in [5.41, 5.74) is 1.96. The lowest BCUT2D eigenvalue weighted by Gasteiger charge is -2.40. The average molecular weight is 501 g/mol. The van der Waals surface area contributed by atoms with Crippen LogP contribution in [-0.2, 0) is 21.2 Å². The van der Waals surface area contributed by atoms with Crippen LogP contribution in [0.4, 0.5) is 4.39 Å². The Hall–Kier alpha value is -2.55. The second kappa shape index (κ2) is 9.24. The number of sulfonamides is 1. The summed E-state index contributed by atoms with van der Waals surface area (Å²) >= 11 is 1.64. The Labute approximate surface area is 204 Å². The number of thiophene rings is 1. The maximum absolute atomic E-state index is 13.7. The van der Waals surface area contributed by atoms with E-state index in [4.69, 9.17) is 0 Å². The van der Waals surface area contributed by atoms with Crippen LogP contribution in [0.1, 0.15) is 48.4 Å². The molecule has 0 radical (unpaired) electrons. The molecule has 0 saturated carbocycles. The molecule has 180 valence electrons. The van der Waals surface area contributed by atoms with E-state index in [2.05, 4.69) is 0 Å². The van der Waals surface area contributed by atoms with Gasteiger partial charge in [0.1, 0.15) is 5.82 Å². The number of hydrogen-bond acceptors (Lipinski definition) is 4. The van der Waals surface area contributed by atoms with E-state index in [1.165, 1.54) is 21.3 Å².